The van der Waals surface area contributed by atoms with E-state index in [-0.39, 0.29) is 11.9 Å². The lowest BCUT2D eigenvalue weighted by Gasteiger charge is -2.33. The number of nitrogens with zero attached hydrogens (tertiary/aromatic N) is 1. The number of amides is 1. The number of hydrogen-bond acceptors (Lipinski definition) is 3. The van der Waals surface area contributed by atoms with Crippen molar-refractivity contribution in [1.82, 2.24) is 4.90 Å². The summed E-state index contributed by atoms with van der Waals surface area (Å²) < 4.78 is 5.53. The molecule has 102 valence electrons. The van der Waals surface area contributed by atoms with Crippen molar-refractivity contribution in [2.24, 2.45) is 5.73 Å². The minimum Gasteiger partial charge on any atom is -0.464 e. The number of nitrogens with two attached hydrogens (primary N) is 1. The van der Waals surface area contributed by atoms with Crippen LogP contribution in [0.4, 0.5) is 0 Å². The summed E-state index contributed by atoms with van der Waals surface area (Å²) in [4.78, 5) is 14.2. The van der Waals surface area contributed by atoms with Gasteiger partial charge >= 0.3 is 0 Å². The average Bonchev–Trinajstić information content (AvgIpc) is 2.70. The van der Waals surface area contributed by atoms with Crippen molar-refractivity contribution in [3.63, 3.8) is 0 Å². The molecule has 0 bridgehead atoms. The highest BCUT2D eigenvalue weighted by atomic mass is 16.3. The molecule has 0 aromatic carbocycles. The highest BCUT2D eigenvalue weighted by Gasteiger charge is 2.32. The van der Waals surface area contributed by atoms with Gasteiger partial charge in [-0.1, -0.05) is 6.92 Å². The number of carbonyl (C=O) groups excluding carboxylic acids is 1. The van der Waals surface area contributed by atoms with Crippen LogP contribution < -0.4 is 5.73 Å². The first kappa shape index (κ1) is 14.8. The van der Waals surface area contributed by atoms with E-state index in [2.05, 4.69) is 0 Å². The summed E-state index contributed by atoms with van der Waals surface area (Å²) in [6, 6.07) is 3.90. The van der Waals surface area contributed by atoms with Crippen molar-refractivity contribution in [3.8, 4) is 0 Å². The lowest BCUT2D eigenvalue weighted by molar-refractivity contribution is -0.139. The molecule has 1 amide bonds. The van der Waals surface area contributed by atoms with Crippen molar-refractivity contribution in [1.29, 1.82) is 0 Å². The van der Waals surface area contributed by atoms with Gasteiger partial charge in [-0.25, -0.2) is 0 Å². The van der Waals surface area contributed by atoms with Crippen molar-refractivity contribution >= 4 is 5.91 Å². The number of furan rings is 1. The molecule has 18 heavy (non-hydrogen) atoms. The number of rotatable bonds is 5. The van der Waals surface area contributed by atoms with Crippen LogP contribution in [-0.4, -0.2) is 22.4 Å². The summed E-state index contributed by atoms with van der Waals surface area (Å²) >= 11 is 0. The molecule has 0 radical (unpaired) electrons. The summed E-state index contributed by atoms with van der Waals surface area (Å²) in [5.41, 5.74) is 5.22. The third-order valence-corrected chi connectivity index (χ3v) is 3.23. The first-order valence-electron chi connectivity index (χ1n) is 6.43. The molecule has 1 heterocycles. The van der Waals surface area contributed by atoms with E-state index in [4.69, 9.17) is 10.2 Å². The van der Waals surface area contributed by atoms with Crippen LogP contribution in [0.5, 0.6) is 0 Å². The standard InChI is InChI=1S/C14H24N2O2/c1-6-14(5,15)13(17)16(10(2)3)9-12-8-7-11(4)18-12/h7-8,10H,6,9,15H2,1-5H3. The summed E-state index contributed by atoms with van der Waals surface area (Å²) in [6.07, 6.45) is 0.617. The smallest absolute Gasteiger partial charge is 0.242 e. The van der Waals surface area contributed by atoms with E-state index >= 15 is 0 Å². The Morgan fingerprint density at radius 2 is 2.11 bits per heavy atom. The molecule has 0 spiro atoms. The molecule has 0 aliphatic carbocycles. The van der Waals surface area contributed by atoms with Gasteiger partial charge in [-0.05, 0) is 46.2 Å². The van der Waals surface area contributed by atoms with Crippen LogP contribution >= 0.6 is 0 Å². The topological polar surface area (TPSA) is 59.5 Å². The van der Waals surface area contributed by atoms with Crippen LogP contribution in [0.25, 0.3) is 0 Å². The second-order valence-corrected chi connectivity index (χ2v) is 5.31. The van der Waals surface area contributed by atoms with Crippen molar-refractivity contribution in [2.75, 3.05) is 0 Å². The molecule has 0 saturated heterocycles. The molecule has 0 aliphatic heterocycles. The van der Waals surface area contributed by atoms with E-state index in [1.807, 2.05) is 39.8 Å². The van der Waals surface area contributed by atoms with E-state index in [9.17, 15) is 4.79 Å². The third-order valence-electron chi connectivity index (χ3n) is 3.23. The Morgan fingerprint density at radius 1 is 1.50 bits per heavy atom. The summed E-state index contributed by atoms with van der Waals surface area (Å²) in [6.45, 7) is 10.0. The van der Waals surface area contributed by atoms with E-state index < -0.39 is 5.54 Å². The van der Waals surface area contributed by atoms with E-state index in [0.717, 1.165) is 11.5 Å². The Hall–Kier alpha value is -1.29. The van der Waals surface area contributed by atoms with Gasteiger partial charge in [-0.3, -0.25) is 4.79 Å². The Balaban J connectivity index is 2.87. The zero-order valence-corrected chi connectivity index (χ0v) is 12.0. The molecule has 1 aromatic heterocycles. The van der Waals surface area contributed by atoms with E-state index in [0.29, 0.717) is 13.0 Å². The van der Waals surface area contributed by atoms with Gasteiger partial charge in [0.25, 0.3) is 0 Å². The largest absolute Gasteiger partial charge is 0.464 e. The molecule has 4 nitrogen and oxygen atoms in total. The minimum atomic E-state index is -0.814. The van der Waals surface area contributed by atoms with Gasteiger partial charge in [-0.2, -0.15) is 0 Å². The van der Waals surface area contributed by atoms with Crippen LogP contribution in [0.2, 0.25) is 0 Å². The van der Waals surface area contributed by atoms with Crippen molar-refractivity contribution in [2.45, 2.75) is 59.2 Å². The lowest BCUT2D eigenvalue weighted by atomic mass is 9.97. The van der Waals surface area contributed by atoms with Gasteiger partial charge < -0.3 is 15.1 Å². The first-order valence-corrected chi connectivity index (χ1v) is 6.43. The predicted octanol–water partition coefficient (Wildman–Crippen LogP) is 2.45. The fourth-order valence-electron chi connectivity index (χ4n) is 1.71. The van der Waals surface area contributed by atoms with E-state index in [1.54, 1.807) is 11.8 Å². The maximum atomic E-state index is 12.4. The maximum absolute atomic E-state index is 12.4. The van der Waals surface area contributed by atoms with E-state index in [1.165, 1.54) is 0 Å². The fraction of sp³-hybridized carbons (Fsp3) is 0.643. The monoisotopic (exact) mass is 252 g/mol. The van der Waals surface area contributed by atoms with Gasteiger partial charge in [0, 0.05) is 6.04 Å². The minimum absolute atomic E-state index is 0.0333. The summed E-state index contributed by atoms with van der Waals surface area (Å²) in [5, 5.41) is 0. The molecule has 1 aromatic rings. The second kappa shape index (κ2) is 5.57. The zero-order chi connectivity index (χ0) is 13.9. The van der Waals surface area contributed by atoms with Gasteiger partial charge in [0.15, 0.2) is 0 Å². The summed E-state index contributed by atoms with van der Waals surface area (Å²) in [5.74, 6) is 1.61. The lowest BCUT2D eigenvalue weighted by Crippen LogP contribution is -2.54. The molecule has 4 heteroatoms. The Bertz CT molecular complexity index is 408. The molecule has 2 N–H and O–H groups in total. The van der Waals surface area contributed by atoms with Crippen LogP contribution in [-0.2, 0) is 11.3 Å². The van der Waals surface area contributed by atoms with Crippen LogP contribution in [0.1, 0.15) is 45.6 Å². The first-order chi connectivity index (χ1) is 8.27. The molecular weight excluding hydrogens is 228 g/mol. The van der Waals surface area contributed by atoms with Crippen LogP contribution in [0.3, 0.4) is 0 Å². The molecule has 0 saturated carbocycles. The van der Waals surface area contributed by atoms with Crippen molar-refractivity contribution < 1.29 is 9.21 Å². The van der Waals surface area contributed by atoms with Crippen LogP contribution in [0, 0.1) is 6.92 Å². The Kier molecular flexibility index (Phi) is 4.57. The SMILES string of the molecule is CCC(C)(N)C(=O)N(Cc1ccc(C)o1)C(C)C. The Labute approximate surface area is 109 Å². The fourth-order valence-corrected chi connectivity index (χ4v) is 1.71. The highest BCUT2D eigenvalue weighted by molar-refractivity contribution is 5.85. The Morgan fingerprint density at radius 3 is 2.50 bits per heavy atom. The van der Waals surface area contributed by atoms with Crippen molar-refractivity contribution in [3.05, 3.63) is 23.7 Å². The molecule has 1 unspecified atom stereocenters. The zero-order valence-electron chi connectivity index (χ0n) is 12.0. The molecule has 1 rings (SSSR count). The molecule has 0 fully saturated rings. The maximum Gasteiger partial charge on any atom is 0.242 e. The number of hydrogen-bond donors (Lipinski definition) is 1. The van der Waals surface area contributed by atoms with Gasteiger partial charge in [0.2, 0.25) is 5.91 Å². The molecular formula is C14H24N2O2. The van der Waals surface area contributed by atoms with Gasteiger partial charge in [-0.15, -0.1) is 0 Å². The van der Waals surface area contributed by atoms with Gasteiger partial charge in [0.1, 0.15) is 11.5 Å². The normalized spacial score (nSPS) is 14.6. The predicted molar refractivity (Wildman–Crippen MR) is 72.0 cm³/mol. The number of aryl methyl sites for hydroxylation is 1. The summed E-state index contributed by atoms with van der Waals surface area (Å²) in [7, 11) is 0. The quantitative estimate of drug-likeness (QED) is 0.875. The number of carbonyl (C=O) groups is 1. The van der Waals surface area contributed by atoms with Crippen LogP contribution in [0.15, 0.2) is 16.5 Å². The average molecular weight is 252 g/mol. The molecule has 0 aliphatic rings. The highest BCUT2D eigenvalue weighted by Crippen LogP contribution is 2.17. The van der Waals surface area contributed by atoms with Gasteiger partial charge in [0.05, 0.1) is 12.1 Å². The molecule has 1 atom stereocenters. The second-order valence-electron chi connectivity index (χ2n) is 5.31. The third kappa shape index (κ3) is 3.35.